The van der Waals surface area contributed by atoms with E-state index in [1.165, 1.54) is 6.07 Å². The van der Waals surface area contributed by atoms with Gasteiger partial charge in [-0.3, -0.25) is 21.0 Å². The van der Waals surface area contributed by atoms with E-state index in [0.717, 1.165) is 12.1 Å². The molecule has 10 nitrogen and oxygen atoms in total. The third-order valence-corrected chi connectivity index (χ3v) is 4.34. The Bertz CT molecular complexity index is 948. The molecule has 0 unspecified atom stereocenters. The summed E-state index contributed by atoms with van der Waals surface area (Å²) in [6.45, 7) is 2.44. The number of rotatable bonds is 7. The zero-order valence-electron chi connectivity index (χ0n) is 14.1. The number of hydrazine groups is 1. The van der Waals surface area contributed by atoms with Gasteiger partial charge < -0.3 is 10.1 Å². The fourth-order valence-electron chi connectivity index (χ4n) is 2.03. The maximum Gasteiger partial charge on any atom is 0.295 e. The molecule has 0 aliphatic heterocycles. The van der Waals surface area contributed by atoms with Gasteiger partial charge in [-0.1, -0.05) is 0 Å². The molecule has 2 aromatic rings. The minimum atomic E-state index is -4.06. The quantitative estimate of drug-likeness (QED) is 0.305. The summed E-state index contributed by atoms with van der Waals surface area (Å²) in [5.41, 5.74) is 5.38. The molecule has 2 rings (SSSR count). The lowest BCUT2D eigenvalue weighted by Gasteiger charge is -2.13. The van der Waals surface area contributed by atoms with Crippen LogP contribution >= 0.6 is 12.2 Å². The van der Waals surface area contributed by atoms with Crippen LogP contribution in [0, 0.1) is 10.1 Å². The van der Waals surface area contributed by atoms with Gasteiger partial charge in [-0.25, -0.2) is 13.6 Å². The highest BCUT2D eigenvalue weighted by molar-refractivity contribution is 7.89. The lowest BCUT2D eigenvalue weighted by molar-refractivity contribution is -0.384. The highest BCUT2D eigenvalue weighted by Crippen LogP contribution is 2.26. The topological polar surface area (TPSA) is 149 Å². The summed E-state index contributed by atoms with van der Waals surface area (Å²) in [7, 11) is -4.06. The van der Waals surface area contributed by atoms with E-state index in [-0.39, 0.29) is 15.7 Å². The van der Waals surface area contributed by atoms with Crippen molar-refractivity contribution in [2.45, 2.75) is 11.8 Å². The highest BCUT2D eigenvalue weighted by atomic mass is 32.2. The molecule has 0 amide bonds. The summed E-state index contributed by atoms with van der Waals surface area (Å²) >= 11 is 5.11. The van der Waals surface area contributed by atoms with Gasteiger partial charge in [-0.15, -0.1) is 0 Å². The number of nitro groups is 1. The van der Waals surface area contributed by atoms with Gasteiger partial charge in [0.05, 0.1) is 16.4 Å². The van der Waals surface area contributed by atoms with Crippen molar-refractivity contribution < 1.29 is 18.1 Å². The van der Waals surface area contributed by atoms with E-state index in [9.17, 15) is 18.5 Å². The molecule has 12 heteroatoms. The first kappa shape index (κ1) is 20.4. The first-order valence-electron chi connectivity index (χ1n) is 7.58. The summed E-state index contributed by atoms with van der Waals surface area (Å²) in [5, 5.41) is 19.2. The molecule has 0 saturated carbocycles. The van der Waals surface area contributed by atoms with Gasteiger partial charge in [-0.05, 0) is 55.5 Å². The number of sulfonamides is 1. The van der Waals surface area contributed by atoms with E-state index in [1.807, 2.05) is 6.92 Å². The van der Waals surface area contributed by atoms with E-state index in [0.29, 0.717) is 18.0 Å². The van der Waals surface area contributed by atoms with Gasteiger partial charge in [-0.2, -0.15) is 0 Å². The van der Waals surface area contributed by atoms with Gasteiger partial charge in [0, 0.05) is 11.8 Å². The third kappa shape index (κ3) is 5.77. The number of nitrogens with two attached hydrogens (primary N) is 1. The van der Waals surface area contributed by atoms with Crippen LogP contribution in [0.3, 0.4) is 0 Å². The second-order valence-corrected chi connectivity index (χ2v) is 7.11. The van der Waals surface area contributed by atoms with Crippen LogP contribution in [0.25, 0.3) is 0 Å². The van der Waals surface area contributed by atoms with Crippen molar-refractivity contribution in [3.8, 4) is 5.75 Å². The molecule has 0 aromatic heterocycles. The summed E-state index contributed by atoms with van der Waals surface area (Å²) in [4.78, 5) is 10.1. The fourth-order valence-corrected chi connectivity index (χ4v) is 2.74. The molecule has 0 fully saturated rings. The van der Waals surface area contributed by atoms with Crippen LogP contribution in [-0.4, -0.2) is 25.1 Å². The Hall–Kier alpha value is -2.96. The average molecular weight is 411 g/mol. The largest absolute Gasteiger partial charge is 0.494 e. The van der Waals surface area contributed by atoms with Crippen LogP contribution < -0.4 is 26.0 Å². The van der Waals surface area contributed by atoms with Crippen LogP contribution in [-0.2, 0) is 10.0 Å². The fraction of sp³-hybridized carbons (Fsp3) is 0.133. The van der Waals surface area contributed by atoms with Gasteiger partial charge in [0.25, 0.3) is 5.69 Å². The molecule has 0 radical (unpaired) electrons. The number of hydrogen-bond donors (Lipinski definition) is 4. The van der Waals surface area contributed by atoms with Crippen LogP contribution in [0.1, 0.15) is 6.92 Å². The number of anilines is 2. The summed E-state index contributed by atoms with van der Waals surface area (Å²) in [6.07, 6.45) is 0. The van der Waals surface area contributed by atoms with Crippen molar-refractivity contribution >= 4 is 44.4 Å². The predicted molar refractivity (Wildman–Crippen MR) is 105 cm³/mol. The first-order chi connectivity index (χ1) is 12.7. The Labute approximate surface area is 160 Å². The number of benzene rings is 2. The molecule has 2 aromatic carbocycles. The number of ether oxygens (including phenoxy) is 1. The minimum absolute atomic E-state index is 0.0169. The van der Waals surface area contributed by atoms with E-state index >= 15 is 0 Å². The number of primary sulfonamides is 1. The van der Waals surface area contributed by atoms with Gasteiger partial charge >= 0.3 is 0 Å². The lowest BCUT2D eigenvalue weighted by Crippen LogP contribution is -2.33. The van der Waals surface area contributed by atoms with Gasteiger partial charge in [0.1, 0.15) is 11.4 Å². The van der Waals surface area contributed by atoms with E-state index < -0.39 is 20.6 Å². The molecule has 0 aliphatic carbocycles. The second kappa shape index (κ2) is 8.62. The van der Waals surface area contributed by atoms with Gasteiger partial charge in [0.2, 0.25) is 10.0 Å². The number of hydrogen-bond acceptors (Lipinski definition) is 7. The predicted octanol–water partition coefficient (Wildman–Crippen LogP) is 1.95. The zero-order valence-corrected chi connectivity index (χ0v) is 15.8. The molecule has 0 bridgehead atoms. The molecule has 0 heterocycles. The average Bonchev–Trinajstić information content (AvgIpc) is 2.61. The SMILES string of the molecule is CCOc1ccc(NC(=S)NNc2ccc(S(N)(=O)=O)cc2[N+](=O)[O-])cc1. The molecule has 0 aliphatic rings. The van der Waals surface area contributed by atoms with Crippen molar-refractivity contribution in [3.05, 3.63) is 52.6 Å². The zero-order chi connectivity index (χ0) is 20.0. The maximum atomic E-state index is 11.3. The van der Waals surface area contributed by atoms with Crippen LogP contribution in [0.4, 0.5) is 17.1 Å². The van der Waals surface area contributed by atoms with Gasteiger partial charge in [0.15, 0.2) is 5.11 Å². The number of nitrogens with zero attached hydrogens (tertiary/aromatic N) is 1. The van der Waals surface area contributed by atoms with Crippen molar-refractivity contribution in [2.75, 3.05) is 17.3 Å². The van der Waals surface area contributed by atoms with Crippen LogP contribution in [0.15, 0.2) is 47.4 Å². The number of thiocarbonyl (C=S) groups is 1. The number of nitrogens with one attached hydrogen (secondary N) is 3. The van der Waals surface area contributed by atoms with Crippen LogP contribution in [0.2, 0.25) is 0 Å². The molecule has 0 atom stereocenters. The van der Waals surface area contributed by atoms with E-state index in [1.54, 1.807) is 24.3 Å². The minimum Gasteiger partial charge on any atom is -0.494 e. The Morgan fingerprint density at radius 2 is 1.93 bits per heavy atom. The lowest BCUT2D eigenvalue weighted by atomic mass is 10.3. The maximum absolute atomic E-state index is 11.3. The standard InChI is InChI=1S/C15H17N5O5S2/c1-2-25-11-5-3-10(4-6-11)17-15(26)19-18-13-8-7-12(27(16,23)24)9-14(13)20(21)22/h3-9,18H,2H2,1H3,(H2,16,23,24)(H2,17,19,26). The van der Waals surface area contributed by atoms with Crippen LogP contribution in [0.5, 0.6) is 5.75 Å². The molecule has 5 N–H and O–H groups in total. The van der Waals surface area contributed by atoms with Crippen molar-refractivity contribution in [2.24, 2.45) is 5.14 Å². The van der Waals surface area contributed by atoms with Crippen molar-refractivity contribution in [1.29, 1.82) is 0 Å². The molecular weight excluding hydrogens is 394 g/mol. The molecule has 144 valence electrons. The van der Waals surface area contributed by atoms with Crippen molar-refractivity contribution in [3.63, 3.8) is 0 Å². The Morgan fingerprint density at radius 3 is 2.48 bits per heavy atom. The second-order valence-electron chi connectivity index (χ2n) is 5.14. The third-order valence-electron chi connectivity index (χ3n) is 3.23. The smallest absolute Gasteiger partial charge is 0.295 e. The van der Waals surface area contributed by atoms with E-state index in [4.69, 9.17) is 22.1 Å². The Morgan fingerprint density at radius 1 is 1.26 bits per heavy atom. The normalized spacial score (nSPS) is 10.7. The molecular formula is C15H17N5O5S2. The summed E-state index contributed by atoms with van der Waals surface area (Å²) < 4.78 is 28.0. The summed E-state index contributed by atoms with van der Waals surface area (Å²) in [6, 6.07) is 10.3. The molecule has 0 spiro atoms. The number of nitro benzene ring substituents is 1. The van der Waals surface area contributed by atoms with Crippen molar-refractivity contribution in [1.82, 2.24) is 5.43 Å². The van der Waals surface area contributed by atoms with E-state index in [2.05, 4.69) is 16.2 Å². The highest BCUT2D eigenvalue weighted by Gasteiger charge is 2.19. The Kier molecular flexibility index (Phi) is 6.50. The first-order valence-corrected chi connectivity index (χ1v) is 9.53. The Balaban J connectivity index is 2.04. The monoisotopic (exact) mass is 411 g/mol. The molecule has 0 saturated heterocycles. The summed E-state index contributed by atoms with van der Waals surface area (Å²) in [5.74, 6) is 0.714. The molecule has 27 heavy (non-hydrogen) atoms.